The molecule has 3 nitrogen and oxygen atoms in total. The molecular weight excluding hydrogens is 202 g/mol. The Hall–Kier alpha value is -1.90. The molecule has 0 aliphatic heterocycles. The number of pyridine rings is 1. The van der Waals surface area contributed by atoms with Crippen molar-refractivity contribution < 1.29 is 9.53 Å². The van der Waals surface area contributed by atoms with Gasteiger partial charge in [-0.2, -0.15) is 0 Å². The van der Waals surface area contributed by atoms with Crippen molar-refractivity contribution in [3.8, 4) is 0 Å². The van der Waals surface area contributed by atoms with Gasteiger partial charge in [0.25, 0.3) is 0 Å². The first kappa shape index (κ1) is 10.6. The Kier molecular flexibility index (Phi) is 2.86. The molecule has 0 amide bonds. The fraction of sp³-hybridized carbons (Fsp3) is 0.231. The number of rotatable bonds is 2. The van der Waals surface area contributed by atoms with E-state index in [2.05, 4.69) is 4.98 Å². The van der Waals surface area contributed by atoms with Gasteiger partial charge in [-0.25, -0.2) is 4.79 Å². The highest BCUT2D eigenvalue weighted by Gasteiger charge is 2.12. The van der Waals surface area contributed by atoms with E-state index in [9.17, 15) is 4.79 Å². The van der Waals surface area contributed by atoms with E-state index in [0.717, 1.165) is 23.0 Å². The van der Waals surface area contributed by atoms with Gasteiger partial charge < -0.3 is 4.74 Å². The first-order chi connectivity index (χ1) is 7.76. The second-order valence-corrected chi connectivity index (χ2v) is 3.52. The van der Waals surface area contributed by atoms with Crippen molar-refractivity contribution in [2.24, 2.45) is 0 Å². The van der Waals surface area contributed by atoms with Crippen molar-refractivity contribution in [3.63, 3.8) is 0 Å². The van der Waals surface area contributed by atoms with Gasteiger partial charge in [0.15, 0.2) is 0 Å². The van der Waals surface area contributed by atoms with E-state index in [1.165, 1.54) is 7.11 Å². The van der Waals surface area contributed by atoms with E-state index < -0.39 is 0 Å². The van der Waals surface area contributed by atoms with Crippen LogP contribution in [0.1, 0.15) is 23.0 Å². The number of carbonyl (C=O) groups excluding carboxylic acids is 1. The zero-order chi connectivity index (χ0) is 11.5. The van der Waals surface area contributed by atoms with Crippen LogP contribution < -0.4 is 0 Å². The Morgan fingerprint density at radius 2 is 2.12 bits per heavy atom. The van der Waals surface area contributed by atoms with Gasteiger partial charge in [-0.05, 0) is 18.6 Å². The average molecular weight is 215 g/mol. The number of aromatic nitrogens is 1. The van der Waals surface area contributed by atoms with Gasteiger partial charge in [-0.15, -0.1) is 0 Å². The van der Waals surface area contributed by atoms with Crippen LogP contribution in [0.2, 0.25) is 0 Å². The van der Waals surface area contributed by atoms with E-state index in [0.29, 0.717) is 5.56 Å². The zero-order valence-electron chi connectivity index (χ0n) is 9.36. The highest BCUT2D eigenvalue weighted by molar-refractivity contribution is 6.03. The van der Waals surface area contributed by atoms with Crippen LogP contribution in [-0.4, -0.2) is 18.1 Å². The fourth-order valence-corrected chi connectivity index (χ4v) is 1.69. The lowest BCUT2D eigenvalue weighted by atomic mass is 10.1. The minimum absolute atomic E-state index is 0.312. The summed E-state index contributed by atoms with van der Waals surface area (Å²) in [6.45, 7) is 2.01. The Morgan fingerprint density at radius 3 is 2.81 bits per heavy atom. The molecule has 1 aromatic carbocycles. The number of ether oxygens (including phenoxy) is 1. The molecule has 0 fully saturated rings. The summed E-state index contributed by atoms with van der Waals surface area (Å²) in [6.07, 6.45) is 0.800. The van der Waals surface area contributed by atoms with E-state index >= 15 is 0 Å². The number of esters is 1. The highest BCUT2D eigenvalue weighted by atomic mass is 16.5. The SMILES string of the molecule is CCc1cc(C(=O)OC)c2ccccc2n1. The monoisotopic (exact) mass is 215 g/mol. The molecule has 1 aromatic heterocycles. The molecule has 2 rings (SSSR count). The highest BCUT2D eigenvalue weighted by Crippen LogP contribution is 2.19. The van der Waals surface area contributed by atoms with Gasteiger partial charge in [0, 0.05) is 11.1 Å². The predicted octanol–water partition coefficient (Wildman–Crippen LogP) is 2.58. The van der Waals surface area contributed by atoms with Gasteiger partial charge in [0.2, 0.25) is 0 Å². The lowest BCUT2D eigenvalue weighted by Crippen LogP contribution is -2.04. The number of hydrogen-bond donors (Lipinski definition) is 0. The predicted molar refractivity (Wildman–Crippen MR) is 62.5 cm³/mol. The first-order valence-corrected chi connectivity index (χ1v) is 5.23. The van der Waals surface area contributed by atoms with Crippen LogP contribution in [0.4, 0.5) is 0 Å². The second kappa shape index (κ2) is 4.31. The van der Waals surface area contributed by atoms with Crippen LogP contribution in [0.5, 0.6) is 0 Å². The van der Waals surface area contributed by atoms with Gasteiger partial charge in [0.05, 0.1) is 18.2 Å². The van der Waals surface area contributed by atoms with Crippen LogP contribution in [0.15, 0.2) is 30.3 Å². The molecule has 0 aliphatic rings. The molecule has 0 aliphatic carbocycles. The Morgan fingerprint density at radius 1 is 1.38 bits per heavy atom. The van der Waals surface area contributed by atoms with Crippen LogP contribution in [0.25, 0.3) is 10.9 Å². The lowest BCUT2D eigenvalue weighted by Gasteiger charge is -2.06. The molecule has 82 valence electrons. The molecule has 0 bridgehead atoms. The molecule has 0 radical (unpaired) electrons. The Balaban J connectivity index is 2.73. The molecule has 16 heavy (non-hydrogen) atoms. The number of benzene rings is 1. The van der Waals surface area contributed by atoms with Crippen molar-refractivity contribution in [2.75, 3.05) is 7.11 Å². The number of para-hydroxylation sites is 1. The summed E-state index contributed by atoms with van der Waals surface area (Å²) in [4.78, 5) is 16.1. The van der Waals surface area contributed by atoms with E-state index in [-0.39, 0.29) is 5.97 Å². The van der Waals surface area contributed by atoms with Gasteiger partial charge in [0.1, 0.15) is 0 Å². The van der Waals surface area contributed by atoms with Crippen LogP contribution in [0.3, 0.4) is 0 Å². The largest absolute Gasteiger partial charge is 0.465 e. The molecule has 3 heteroatoms. The van der Waals surface area contributed by atoms with Crippen LogP contribution >= 0.6 is 0 Å². The minimum atomic E-state index is -0.312. The third-order valence-corrected chi connectivity index (χ3v) is 2.54. The molecule has 0 saturated carbocycles. The van der Waals surface area contributed by atoms with Crippen molar-refractivity contribution >= 4 is 16.9 Å². The zero-order valence-corrected chi connectivity index (χ0v) is 9.36. The van der Waals surface area contributed by atoms with E-state index in [4.69, 9.17) is 4.74 Å². The molecule has 0 saturated heterocycles. The van der Waals surface area contributed by atoms with Crippen molar-refractivity contribution in [3.05, 3.63) is 41.6 Å². The number of carbonyl (C=O) groups is 1. The van der Waals surface area contributed by atoms with Gasteiger partial charge in [-0.3, -0.25) is 4.98 Å². The number of nitrogens with zero attached hydrogens (tertiary/aromatic N) is 1. The number of fused-ring (bicyclic) bond motifs is 1. The van der Waals surface area contributed by atoms with Gasteiger partial charge in [-0.1, -0.05) is 25.1 Å². The van der Waals surface area contributed by atoms with E-state index in [1.807, 2.05) is 31.2 Å². The quantitative estimate of drug-likeness (QED) is 0.723. The topological polar surface area (TPSA) is 39.2 Å². The molecule has 0 unspecified atom stereocenters. The van der Waals surface area contributed by atoms with Crippen LogP contribution in [-0.2, 0) is 11.2 Å². The summed E-state index contributed by atoms with van der Waals surface area (Å²) < 4.78 is 4.78. The summed E-state index contributed by atoms with van der Waals surface area (Å²) in [6, 6.07) is 9.39. The lowest BCUT2D eigenvalue weighted by molar-refractivity contribution is 0.0603. The molecule has 2 aromatic rings. The maximum atomic E-state index is 11.6. The van der Waals surface area contributed by atoms with Crippen molar-refractivity contribution in [1.82, 2.24) is 4.98 Å². The average Bonchev–Trinajstić information content (AvgIpc) is 2.36. The second-order valence-electron chi connectivity index (χ2n) is 3.52. The normalized spacial score (nSPS) is 10.4. The van der Waals surface area contributed by atoms with Gasteiger partial charge >= 0.3 is 5.97 Å². The van der Waals surface area contributed by atoms with E-state index in [1.54, 1.807) is 6.07 Å². The minimum Gasteiger partial charge on any atom is -0.465 e. The summed E-state index contributed by atoms with van der Waals surface area (Å²) in [5, 5.41) is 0.839. The number of aryl methyl sites for hydroxylation is 1. The summed E-state index contributed by atoms with van der Waals surface area (Å²) in [7, 11) is 1.39. The summed E-state index contributed by atoms with van der Waals surface area (Å²) in [5.41, 5.74) is 2.33. The summed E-state index contributed by atoms with van der Waals surface area (Å²) in [5.74, 6) is -0.312. The first-order valence-electron chi connectivity index (χ1n) is 5.23. The molecule has 1 heterocycles. The third kappa shape index (κ3) is 1.76. The summed E-state index contributed by atoms with van der Waals surface area (Å²) >= 11 is 0. The standard InChI is InChI=1S/C13H13NO2/c1-3-9-8-11(13(15)16-2)10-6-4-5-7-12(10)14-9/h4-8H,3H2,1-2H3. The Labute approximate surface area is 94.1 Å². The molecule has 0 spiro atoms. The number of hydrogen-bond acceptors (Lipinski definition) is 3. The number of methoxy groups -OCH3 is 1. The van der Waals surface area contributed by atoms with Crippen molar-refractivity contribution in [1.29, 1.82) is 0 Å². The molecular formula is C13H13NO2. The third-order valence-electron chi connectivity index (χ3n) is 2.54. The molecule has 0 atom stereocenters. The fourth-order valence-electron chi connectivity index (χ4n) is 1.69. The van der Waals surface area contributed by atoms with Crippen LogP contribution in [0, 0.1) is 0 Å². The maximum Gasteiger partial charge on any atom is 0.338 e. The smallest absolute Gasteiger partial charge is 0.338 e. The molecule has 0 N–H and O–H groups in total. The Bertz CT molecular complexity index is 534. The maximum absolute atomic E-state index is 11.6. The van der Waals surface area contributed by atoms with Crippen molar-refractivity contribution in [2.45, 2.75) is 13.3 Å².